The van der Waals surface area contributed by atoms with E-state index in [1.807, 2.05) is 20.8 Å². The van der Waals surface area contributed by atoms with Gasteiger partial charge < -0.3 is 48.8 Å². The van der Waals surface area contributed by atoms with Gasteiger partial charge in [0, 0.05) is 12.3 Å². The average molecular weight is 763 g/mol. The summed E-state index contributed by atoms with van der Waals surface area (Å²) in [5.41, 5.74) is -6.33. The predicted molar refractivity (Wildman–Crippen MR) is 194 cm³/mol. The molecule has 4 N–H and O–H groups in total. The molecular weight excluding hydrogens is 708 g/mol. The number of hydrogen-bond acceptors (Lipinski definition) is 12. The summed E-state index contributed by atoms with van der Waals surface area (Å²) in [7, 11) is 0. The molecule has 7 fully saturated rings. The summed E-state index contributed by atoms with van der Waals surface area (Å²) >= 11 is 0. The number of esters is 2. The van der Waals surface area contributed by atoms with E-state index in [4.69, 9.17) is 28.4 Å². The Hall–Kier alpha value is -2.94. The molecule has 0 radical (unpaired) electrons. The lowest BCUT2D eigenvalue weighted by molar-refractivity contribution is -0.461. The van der Waals surface area contributed by atoms with Crippen LogP contribution >= 0.6 is 0 Å². The SMILES string of the molecule is CC(C)[C@]12C[C@@H](OC(=O)c3ccccc3)[C@@]34O[C@]5(O[C@@H]1[C@H]3[C@@H]1O[C@]1(CO)[C@H](O)[C@]1(O)[C@@H](OC(=O)c3ccccc3)[C@H](C)[C@@H]([C@H](C)CCCCCC[C@H]5O)[C@@H]14)O2. The summed E-state index contributed by atoms with van der Waals surface area (Å²) in [6, 6.07) is 17.1. The highest BCUT2D eigenvalue weighted by atomic mass is 16.9. The maximum atomic E-state index is 14.3. The first-order chi connectivity index (χ1) is 26.3. The average Bonchev–Trinajstić information content (AvgIpc) is 3.82. The summed E-state index contributed by atoms with van der Waals surface area (Å²) in [6.45, 7) is 7.35. The molecule has 2 aromatic carbocycles. The molecular formula is C43H54O12. The van der Waals surface area contributed by atoms with Crippen LogP contribution in [0, 0.1) is 35.5 Å². The Morgan fingerprint density at radius 2 is 1.45 bits per heavy atom. The van der Waals surface area contributed by atoms with Crippen LogP contribution in [0.4, 0.5) is 0 Å². The van der Waals surface area contributed by atoms with E-state index in [-0.39, 0.29) is 23.8 Å². The Morgan fingerprint density at radius 1 is 0.836 bits per heavy atom. The van der Waals surface area contributed by atoms with Crippen LogP contribution in [0.2, 0.25) is 0 Å². The van der Waals surface area contributed by atoms with Crippen molar-refractivity contribution in [3.8, 4) is 0 Å². The third kappa shape index (κ3) is 5.05. The quantitative estimate of drug-likeness (QED) is 0.245. The van der Waals surface area contributed by atoms with Gasteiger partial charge in [-0.2, -0.15) is 0 Å². The van der Waals surface area contributed by atoms with E-state index in [0.29, 0.717) is 18.4 Å². The molecule has 4 heterocycles. The zero-order valence-electron chi connectivity index (χ0n) is 31.9. The minimum Gasteiger partial charge on any atom is -0.456 e. The van der Waals surface area contributed by atoms with E-state index in [9.17, 15) is 30.0 Å². The number of hydrogen-bond donors (Lipinski definition) is 4. The van der Waals surface area contributed by atoms with E-state index in [1.54, 1.807) is 60.7 Å². The number of carbonyl (C=O) groups is 2. The number of epoxide rings is 1. The first kappa shape index (κ1) is 37.6. The Labute approximate surface area is 321 Å². The van der Waals surface area contributed by atoms with Gasteiger partial charge in [-0.05, 0) is 54.4 Å². The molecule has 12 nitrogen and oxygen atoms in total. The van der Waals surface area contributed by atoms with Gasteiger partial charge in [-0.3, -0.25) is 0 Å². The van der Waals surface area contributed by atoms with E-state index in [0.717, 1.165) is 25.7 Å². The Bertz CT molecular complexity index is 1790. The van der Waals surface area contributed by atoms with Gasteiger partial charge in [0.1, 0.15) is 59.0 Å². The van der Waals surface area contributed by atoms with Gasteiger partial charge in [0.2, 0.25) is 0 Å². The fourth-order valence-corrected chi connectivity index (χ4v) is 12.3. The standard InChI is InChI=1S/C43H54O12/c1-23(2)39-21-29(50-36(46)26-16-10-7-11-17-26)42-31-34(39)53-43(54-39,55-42)28(45)20-14-6-5-9-15-24(3)30-25(4)33(51-37(47)27-18-12-8-13-19-27)41(49,32(30)42)38(48)40(22-44)35(31)52-40/h7-8,10-13,16-19,23-25,28-35,38,44-45,48-49H,5-6,9,14-15,20-22H2,1-4H3/t24-,25-,28-,29-,30-,31+,32+,33+,34-,35+,38+,39-,40+,41-,42-,43-/m1/s1. The van der Waals surface area contributed by atoms with Crippen LogP contribution in [0.15, 0.2) is 60.7 Å². The van der Waals surface area contributed by atoms with E-state index in [1.165, 1.54) is 0 Å². The van der Waals surface area contributed by atoms with Crippen LogP contribution in [0.5, 0.6) is 0 Å². The lowest BCUT2D eigenvalue weighted by Gasteiger charge is -2.61. The molecule has 3 bridgehead atoms. The van der Waals surface area contributed by atoms with Crippen molar-refractivity contribution in [3.63, 3.8) is 0 Å². The normalized spacial score (nSPS) is 48.1. The van der Waals surface area contributed by atoms with Crippen molar-refractivity contribution in [1.29, 1.82) is 0 Å². The molecule has 4 saturated heterocycles. The molecule has 12 heteroatoms. The van der Waals surface area contributed by atoms with Gasteiger partial charge in [0.25, 0.3) is 0 Å². The maximum Gasteiger partial charge on any atom is 0.338 e. The van der Waals surface area contributed by atoms with Gasteiger partial charge in [0.05, 0.1) is 23.7 Å². The summed E-state index contributed by atoms with van der Waals surface area (Å²) < 4.78 is 40.9. The van der Waals surface area contributed by atoms with Crippen molar-refractivity contribution in [2.45, 2.75) is 138 Å². The molecule has 9 rings (SSSR count). The molecule has 55 heavy (non-hydrogen) atoms. The second-order valence-corrected chi connectivity index (χ2v) is 17.8. The van der Waals surface area contributed by atoms with Crippen LogP contribution in [0.1, 0.15) is 93.4 Å². The van der Waals surface area contributed by atoms with Crippen LogP contribution < -0.4 is 0 Å². The third-order valence-electron chi connectivity index (χ3n) is 14.9. The predicted octanol–water partition coefficient (Wildman–Crippen LogP) is 4.16. The topological polar surface area (TPSA) is 174 Å². The molecule has 4 aliphatic heterocycles. The van der Waals surface area contributed by atoms with Gasteiger partial charge in [0.15, 0.2) is 0 Å². The summed E-state index contributed by atoms with van der Waals surface area (Å²) in [5, 5.41) is 50.0. The molecule has 0 amide bonds. The second kappa shape index (κ2) is 13.0. The molecule has 2 spiro atoms. The monoisotopic (exact) mass is 762 g/mol. The Balaban J connectivity index is 1.31. The van der Waals surface area contributed by atoms with Gasteiger partial charge in [-0.25, -0.2) is 9.59 Å². The molecule has 2 aromatic rings. The highest BCUT2D eigenvalue weighted by molar-refractivity contribution is 5.90. The minimum atomic E-state index is -2.31. The Morgan fingerprint density at radius 3 is 2.07 bits per heavy atom. The third-order valence-corrected chi connectivity index (χ3v) is 14.9. The zero-order chi connectivity index (χ0) is 38.7. The fraction of sp³-hybridized carbons (Fsp3) is 0.674. The van der Waals surface area contributed by atoms with Gasteiger partial charge in [-0.15, -0.1) is 0 Å². The van der Waals surface area contributed by atoms with Crippen LogP contribution in [-0.2, 0) is 28.4 Å². The smallest absolute Gasteiger partial charge is 0.338 e. The largest absolute Gasteiger partial charge is 0.456 e. The zero-order valence-corrected chi connectivity index (χ0v) is 31.9. The number of aliphatic hydroxyl groups is 4. The van der Waals surface area contributed by atoms with Gasteiger partial charge >= 0.3 is 17.9 Å². The molecule has 7 aliphatic rings. The molecule has 298 valence electrons. The van der Waals surface area contributed by atoms with Crippen LogP contribution in [0.3, 0.4) is 0 Å². The Kier molecular flexibility index (Phi) is 8.92. The highest BCUT2D eigenvalue weighted by Gasteiger charge is 2.92. The number of ether oxygens (including phenoxy) is 6. The summed E-state index contributed by atoms with van der Waals surface area (Å²) in [6.07, 6.45) is -2.75. The number of aliphatic hydroxyl groups excluding tert-OH is 3. The summed E-state index contributed by atoms with van der Waals surface area (Å²) in [5.74, 6) is -6.67. The number of benzene rings is 2. The van der Waals surface area contributed by atoms with Crippen molar-refractivity contribution in [1.82, 2.24) is 0 Å². The first-order valence-electron chi connectivity index (χ1n) is 20.3. The molecule has 16 atom stereocenters. The number of rotatable bonds is 6. The molecule has 0 unspecified atom stereocenters. The van der Waals surface area contributed by atoms with Crippen LogP contribution in [-0.4, -0.2) is 104 Å². The van der Waals surface area contributed by atoms with Gasteiger partial charge in [-0.1, -0.05) is 96.2 Å². The van der Waals surface area contributed by atoms with Crippen molar-refractivity contribution < 1.29 is 58.4 Å². The van der Waals surface area contributed by atoms with Crippen molar-refractivity contribution in [3.05, 3.63) is 71.8 Å². The second-order valence-electron chi connectivity index (χ2n) is 17.8. The van der Waals surface area contributed by atoms with Crippen LogP contribution in [0.25, 0.3) is 0 Å². The molecule has 3 saturated carbocycles. The first-order valence-corrected chi connectivity index (χ1v) is 20.3. The summed E-state index contributed by atoms with van der Waals surface area (Å²) in [4.78, 5) is 28.3. The molecule has 0 aromatic heterocycles. The lowest BCUT2D eigenvalue weighted by atomic mass is 9.53. The minimum absolute atomic E-state index is 0.0876. The van der Waals surface area contributed by atoms with E-state index < -0.39 is 107 Å². The number of carbonyl (C=O) groups excluding carboxylic acids is 2. The highest BCUT2D eigenvalue weighted by Crippen LogP contribution is 2.75. The van der Waals surface area contributed by atoms with Crippen molar-refractivity contribution in [2.24, 2.45) is 35.5 Å². The van der Waals surface area contributed by atoms with E-state index in [2.05, 4.69) is 6.92 Å². The van der Waals surface area contributed by atoms with Crippen molar-refractivity contribution in [2.75, 3.05) is 6.61 Å². The van der Waals surface area contributed by atoms with E-state index >= 15 is 0 Å². The lowest BCUT2D eigenvalue weighted by Crippen LogP contribution is -2.77. The number of fused-ring (bicyclic) bond motifs is 1. The molecule has 3 aliphatic carbocycles. The van der Waals surface area contributed by atoms with Crippen molar-refractivity contribution >= 4 is 11.9 Å². The fourth-order valence-electron chi connectivity index (χ4n) is 12.3. The maximum absolute atomic E-state index is 14.3.